The summed E-state index contributed by atoms with van der Waals surface area (Å²) >= 11 is 0. The largest absolute Gasteiger partial charge is 0.443 e. The van der Waals surface area contributed by atoms with Crippen LogP contribution in [0.2, 0.25) is 0 Å². The summed E-state index contributed by atoms with van der Waals surface area (Å²) < 4.78 is 5.27. The summed E-state index contributed by atoms with van der Waals surface area (Å²) in [6, 6.07) is 1.86. The topological polar surface area (TPSA) is 112 Å². The van der Waals surface area contributed by atoms with E-state index in [4.69, 9.17) is 10.5 Å². The molecule has 0 radical (unpaired) electrons. The molecule has 0 aromatic carbocycles. The van der Waals surface area contributed by atoms with Gasteiger partial charge in [0.15, 0.2) is 0 Å². The van der Waals surface area contributed by atoms with Gasteiger partial charge < -0.3 is 20.7 Å². The lowest BCUT2D eigenvalue weighted by molar-refractivity contribution is -0.127. The van der Waals surface area contributed by atoms with Crippen molar-refractivity contribution < 1.29 is 14.3 Å². The molecule has 23 heavy (non-hydrogen) atoms. The summed E-state index contributed by atoms with van der Waals surface area (Å²) in [5.41, 5.74) is 4.72. The number of nitriles is 1. The van der Waals surface area contributed by atoms with Crippen LogP contribution in [0.5, 0.6) is 0 Å². The summed E-state index contributed by atoms with van der Waals surface area (Å²) in [7, 11) is 0. The monoisotopic (exact) mass is 323 g/mol. The van der Waals surface area contributed by atoms with Gasteiger partial charge in [0.2, 0.25) is 0 Å². The maximum absolute atomic E-state index is 12.4. The molecular formula is C15H25N5O3. The van der Waals surface area contributed by atoms with Gasteiger partial charge in [-0.1, -0.05) is 0 Å². The lowest BCUT2D eigenvalue weighted by atomic mass is 10.2. The molecule has 0 aromatic heterocycles. The first-order chi connectivity index (χ1) is 10.8. The SMILES string of the molecule is CC(C)(C)OC(=O)N(/C=C(/C#N)C(=O)N1CCNCC1)CCN. The number of amides is 2. The van der Waals surface area contributed by atoms with E-state index in [1.54, 1.807) is 25.7 Å². The van der Waals surface area contributed by atoms with Gasteiger partial charge in [0.1, 0.15) is 17.2 Å². The number of nitrogens with one attached hydrogen (secondary N) is 1. The number of hydrogen-bond acceptors (Lipinski definition) is 6. The van der Waals surface area contributed by atoms with Crippen LogP contribution in [0.4, 0.5) is 4.79 Å². The van der Waals surface area contributed by atoms with Gasteiger partial charge in [-0.25, -0.2) is 4.79 Å². The average Bonchev–Trinajstić information content (AvgIpc) is 2.50. The van der Waals surface area contributed by atoms with Gasteiger partial charge in [0.05, 0.1) is 0 Å². The number of ether oxygens (including phenoxy) is 1. The molecule has 128 valence electrons. The molecule has 0 aliphatic carbocycles. The standard InChI is InChI=1S/C15H25N5O3/c1-15(2,3)23-14(22)20(7-4-16)11-12(10-17)13(21)19-8-5-18-6-9-19/h11,18H,4-9,16H2,1-3H3/b12-11-. The zero-order chi connectivity index (χ0) is 17.5. The Morgan fingerprint density at radius 2 is 2.00 bits per heavy atom. The van der Waals surface area contributed by atoms with E-state index < -0.39 is 11.7 Å². The Morgan fingerprint density at radius 1 is 1.39 bits per heavy atom. The van der Waals surface area contributed by atoms with Crippen molar-refractivity contribution in [3.63, 3.8) is 0 Å². The van der Waals surface area contributed by atoms with Crippen LogP contribution in [-0.2, 0) is 9.53 Å². The molecule has 0 saturated carbocycles. The van der Waals surface area contributed by atoms with Gasteiger partial charge in [-0.05, 0) is 20.8 Å². The van der Waals surface area contributed by atoms with E-state index in [0.717, 1.165) is 0 Å². The number of nitrogens with two attached hydrogens (primary N) is 1. The molecule has 0 spiro atoms. The van der Waals surface area contributed by atoms with Crippen LogP contribution in [0.25, 0.3) is 0 Å². The summed E-state index contributed by atoms with van der Waals surface area (Å²) in [5.74, 6) is -0.389. The number of piperazine rings is 1. The molecule has 0 atom stereocenters. The highest BCUT2D eigenvalue weighted by Gasteiger charge is 2.24. The lowest BCUT2D eigenvalue weighted by Crippen LogP contribution is -2.47. The van der Waals surface area contributed by atoms with Gasteiger partial charge in [-0.2, -0.15) is 5.26 Å². The van der Waals surface area contributed by atoms with E-state index in [1.807, 2.05) is 6.07 Å². The van der Waals surface area contributed by atoms with Crippen LogP contribution in [0.3, 0.4) is 0 Å². The first-order valence-corrected chi connectivity index (χ1v) is 7.60. The molecule has 8 nitrogen and oxygen atoms in total. The first-order valence-electron chi connectivity index (χ1n) is 7.60. The molecule has 8 heteroatoms. The van der Waals surface area contributed by atoms with Gasteiger partial charge in [-0.3, -0.25) is 9.69 Å². The molecule has 2 amide bonds. The van der Waals surface area contributed by atoms with Crippen LogP contribution in [0.15, 0.2) is 11.8 Å². The van der Waals surface area contributed by atoms with Gasteiger partial charge in [-0.15, -0.1) is 0 Å². The fourth-order valence-electron chi connectivity index (χ4n) is 1.99. The summed E-state index contributed by atoms with van der Waals surface area (Å²) in [5, 5.41) is 12.4. The highest BCUT2D eigenvalue weighted by atomic mass is 16.6. The molecule has 1 aliphatic rings. The van der Waals surface area contributed by atoms with E-state index >= 15 is 0 Å². The fourth-order valence-corrected chi connectivity index (χ4v) is 1.99. The highest BCUT2D eigenvalue weighted by molar-refractivity contribution is 5.97. The van der Waals surface area contributed by atoms with Crippen LogP contribution >= 0.6 is 0 Å². The van der Waals surface area contributed by atoms with Crippen molar-refractivity contribution in [1.82, 2.24) is 15.1 Å². The number of nitrogens with zero attached hydrogens (tertiary/aromatic N) is 3. The summed E-state index contributed by atoms with van der Waals surface area (Å²) in [6.45, 7) is 8.00. The molecular weight excluding hydrogens is 298 g/mol. The number of carbonyl (C=O) groups excluding carboxylic acids is 2. The summed E-state index contributed by atoms with van der Waals surface area (Å²) in [4.78, 5) is 27.3. The van der Waals surface area contributed by atoms with Gasteiger partial charge in [0, 0.05) is 45.5 Å². The Morgan fingerprint density at radius 3 is 2.48 bits per heavy atom. The Bertz CT molecular complexity index is 498. The minimum Gasteiger partial charge on any atom is -0.443 e. The van der Waals surface area contributed by atoms with Crippen LogP contribution in [-0.4, -0.2) is 66.7 Å². The van der Waals surface area contributed by atoms with Crippen LogP contribution in [0, 0.1) is 11.3 Å². The average molecular weight is 323 g/mol. The predicted molar refractivity (Wildman–Crippen MR) is 85.1 cm³/mol. The number of rotatable bonds is 4. The second-order valence-corrected chi connectivity index (χ2v) is 6.16. The van der Waals surface area contributed by atoms with Crippen LogP contribution < -0.4 is 11.1 Å². The Labute approximate surface area is 136 Å². The van der Waals surface area contributed by atoms with Gasteiger partial charge in [0.25, 0.3) is 5.91 Å². The third kappa shape index (κ3) is 6.26. The Balaban J connectivity index is 2.91. The van der Waals surface area contributed by atoms with E-state index in [1.165, 1.54) is 11.1 Å². The Kier molecular flexibility index (Phi) is 7.00. The van der Waals surface area contributed by atoms with E-state index in [9.17, 15) is 14.9 Å². The highest BCUT2D eigenvalue weighted by Crippen LogP contribution is 2.12. The maximum Gasteiger partial charge on any atom is 0.414 e. The van der Waals surface area contributed by atoms with Crippen molar-refractivity contribution in [3.8, 4) is 6.07 Å². The fraction of sp³-hybridized carbons (Fsp3) is 0.667. The van der Waals surface area contributed by atoms with Crippen LogP contribution in [0.1, 0.15) is 20.8 Å². The third-order valence-corrected chi connectivity index (χ3v) is 3.04. The quantitative estimate of drug-likeness (QED) is 0.557. The minimum absolute atomic E-state index is 0.105. The summed E-state index contributed by atoms with van der Waals surface area (Å²) in [6.07, 6.45) is 0.592. The molecule has 1 fully saturated rings. The van der Waals surface area contributed by atoms with Crippen molar-refractivity contribution >= 4 is 12.0 Å². The number of hydrogen-bond donors (Lipinski definition) is 2. The molecule has 1 rings (SSSR count). The van der Waals surface area contributed by atoms with E-state index in [2.05, 4.69) is 5.32 Å². The molecule has 1 heterocycles. The molecule has 0 unspecified atom stereocenters. The van der Waals surface area contributed by atoms with Crippen molar-refractivity contribution in [3.05, 3.63) is 11.8 Å². The predicted octanol–water partition coefficient (Wildman–Crippen LogP) is 0.0215. The molecule has 0 bridgehead atoms. The smallest absolute Gasteiger partial charge is 0.414 e. The van der Waals surface area contributed by atoms with Crippen molar-refractivity contribution in [2.75, 3.05) is 39.3 Å². The Hall–Kier alpha value is -2.11. The molecule has 1 aliphatic heterocycles. The maximum atomic E-state index is 12.4. The second kappa shape index (κ2) is 8.50. The van der Waals surface area contributed by atoms with E-state index in [-0.39, 0.29) is 24.6 Å². The van der Waals surface area contributed by atoms with Crippen molar-refractivity contribution in [1.29, 1.82) is 5.26 Å². The second-order valence-electron chi connectivity index (χ2n) is 6.16. The third-order valence-electron chi connectivity index (χ3n) is 3.04. The minimum atomic E-state index is -0.673. The van der Waals surface area contributed by atoms with Gasteiger partial charge >= 0.3 is 6.09 Å². The van der Waals surface area contributed by atoms with Crippen molar-refractivity contribution in [2.24, 2.45) is 5.73 Å². The van der Waals surface area contributed by atoms with Crippen molar-refractivity contribution in [2.45, 2.75) is 26.4 Å². The van der Waals surface area contributed by atoms with E-state index in [0.29, 0.717) is 26.2 Å². The lowest BCUT2D eigenvalue weighted by Gasteiger charge is -2.28. The normalized spacial score (nSPS) is 15.8. The number of carbonyl (C=O) groups is 2. The first kappa shape index (κ1) is 18.9. The molecule has 3 N–H and O–H groups in total. The molecule has 1 saturated heterocycles. The molecule has 0 aromatic rings. The zero-order valence-corrected chi connectivity index (χ0v) is 14.0. The zero-order valence-electron chi connectivity index (χ0n) is 14.0.